The molecule has 0 atom stereocenters. The lowest BCUT2D eigenvalue weighted by Crippen LogP contribution is -2.32. The van der Waals surface area contributed by atoms with E-state index in [9.17, 15) is 14.4 Å². The third-order valence-electron chi connectivity index (χ3n) is 3.77. The molecule has 128 valence electrons. The predicted octanol–water partition coefficient (Wildman–Crippen LogP) is 2.12. The highest BCUT2D eigenvalue weighted by Crippen LogP contribution is 2.16. The van der Waals surface area contributed by atoms with Gasteiger partial charge < -0.3 is 14.5 Å². The van der Waals surface area contributed by atoms with E-state index in [-0.39, 0.29) is 25.1 Å². The zero-order valence-electron chi connectivity index (χ0n) is 14.0. The van der Waals surface area contributed by atoms with Crippen molar-refractivity contribution in [2.45, 2.75) is 27.2 Å². The fraction of sp³-hybridized carbons (Fsp3) is 0.389. The smallest absolute Gasteiger partial charge is 0.320 e. The third kappa shape index (κ3) is 3.64. The van der Waals surface area contributed by atoms with Crippen molar-refractivity contribution in [2.24, 2.45) is 5.92 Å². The van der Waals surface area contributed by atoms with Crippen molar-refractivity contribution in [3.05, 3.63) is 45.7 Å². The van der Waals surface area contributed by atoms with E-state index < -0.39 is 17.9 Å². The topological polar surface area (TPSA) is 85.5 Å². The molecule has 0 spiro atoms. The van der Waals surface area contributed by atoms with Crippen LogP contribution in [0.4, 0.5) is 0 Å². The maximum Gasteiger partial charge on any atom is 0.320 e. The van der Waals surface area contributed by atoms with Gasteiger partial charge in [-0.1, -0.05) is 12.1 Å². The fourth-order valence-electron chi connectivity index (χ4n) is 2.60. The number of aromatic amines is 1. The molecule has 0 unspecified atom stereocenters. The van der Waals surface area contributed by atoms with E-state index in [1.165, 1.54) is 0 Å². The Labute approximate surface area is 139 Å². The normalized spacial score (nSPS) is 10.8. The first kappa shape index (κ1) is 17.7. The summed E-state index contributed by atoms with van der Waals surface area (Å²) in [6.45, 7) is 5.38. The van der Waals surface area contributed by atoms with Gasteiger partial charge in [-0.2, -0.15) is 0 Å². The summed E-state index contributed by atoms with van der Waals surface area (Å²) in [6.07, 6.45) is -0.0519. The molecular formula is C18H21NO5. The largest absolute Gasteiger partial charge is 0.465 e. The lowest BCUT2D eigenvalue weighted by Gasteiger charge is -2.15. The van der Waals surface area contributed by atoms with Crippen LogP contribution in [0.25, 0.3) is 10.9 Å². The number of benzene rings is 1. The van der Waals surface area contributed by atoms with Crippen LogP contribution in [0.2, 0.25) is 0 Å². The van der Waals surface area contributed by atoms with Gasteiger partial charge >= 0.3 is 11.9 Å². The number of para-hydroxylation sites is 1. The molecule has 6 nitrogen and oxygen atoms in total. The van der Waals surface area contributed by atoms with Gasteiger partial charge in [0, 0.05) is 28.6 Å². The van der Waals surface area contributed by atoms with Crippen LogP contribution in [-0.4, -0.2) is 30.1 Å². The van der Waals surface area contributed by atoms with Gasteiger partial charge in [-0.15, -0.1) is 0 Å². The number of carbonyl (C=O) groups is 2. The Morgan fingerprint density at radius 2 is 1.67 bits per heavy atom. The monoisotopic (exact) mass is 331 g/mol. The van der Waals surface area contributed by atoms with Crippen molar-refractivity contribution in [1.82, 2.24) is 4.98 Å². The Balaban J connectivity index is 2.45. The van der Waals surface area contributed by atoms with E-state index in [2.05, 4.69) is 4.98 Å². The molecular weight excluding hydrogens is 310 g/mol. The first-order valence-corrected chi connectivity index (χ1v) is 7.93. The van der Waals surface area contributed by atoms with Gasteiger partial charge in [0.25, 0.3) is 0 Å². The number of fused-ring (bicyclic) bond motifs is 1. The first-order valence-electron chi connectivity index (χ1n) is 7.93. The highest BCUT2D eigenvalue weighted by molar-refractivity contribution is 5.95. The number of nitrogens with one attached hydrogen (secondary N) is 1. The van der Waals surface area contributed by atoms with Crippen LogP contribution in [0.3, 0.4) is 0 Å². The summed E-state index contributed by atoms with van der Waals surface area (Å²) >= 11 is 0. The molecule has 0 aliphatic rings. The minimum atomic E-state index is -1.15. The molecule has 1 aromatic heterocycles. The molecule has 0 aliphatic heterocycles. The maximum atomic E-state index is 12.7. The zero-order chi connectivity index (χ0) is 17.7. The SMILES string of the molecule is CCOC(=O)C(Cc1c(C)[nH]c2ccccc2c1=O)C(=O)OCC. The van der Waals surface area contributed by atoms with Crippen LogP contribution < -0.4 is 5.43 Å². The second kappa shape index (κ2) is 7.77. The van der Waals surface area contributed by atoms with Gasteiger partial charge in [-0.3, -0.25) is 14.4 Å². The minimum Gasteiger partial charge on any atom is -0.465 e. The van der Waals surface area contributed by atoms with E-state index >= 15 is 0 Å². The molecule has 1 aromatic carbocycles. The van der Waals surface area contributed by atoms with Crippen LogP contribution in [0, 0.1) is 12.8 Å². The van der Waals surface area contributed by atoms with Gasteiger partial charge in [0.1, 0.15) is 0 Å². The standard InChI is InChI=1S/C18H21NO5/c1-4-23-17(21)14(18(22)24-5-2)10-13-11(3)19-15-9-7-6-8-12(15)16(13)20/h6-9,14H,4-5,10H2,1-3H3,(H,19,20). The second-order valence-electron chi connectivity index (χ2n) is 5.36. The van der Waals surface area contributed by atoms with Crippen molar-refractivity contribution in [1.29, 1.82) is 0 Å². The van der Waals surface area contributed by atoms with Crippen molar-refractivity contribution in [3.8, 4) is 0 Å². The number of rotatable bonds is 6. The van der Waals surface area contributed by atoms with E-state index in [0.717, 1.165) is 0 Å². The number of pyridine rings is 1. The predicted molar refractivity (Wildman–Crippen MR) is 89.8 cm³/mol. The average molecular weight is 331 g/mol. The summed E-state index contributed by atoms with van der Waals surface area (Å²) in [5, 5.41) is 0.518. The number of aromatic nitrogens is 1. The van der Waals surface area contributed by atoms with Gasteiger partial charge in [0.05, 0.1) is 13.2 Å². The number of carbonyl (C=O) groups excluding carboxylic acids is 2. The minimum absolute atomic E-state index is 0.0519. The van der Waals surface area contributed by atoms with Gasteiger partial charge in [0.15, 0.2) is 11.3 Å². The molecule has 0 amide bonds. The van der Waals surface area contributed by atoms with Crippen molar-refractivity contribution >= 4 is 22.8 Å². The van der Waals surface area contributed by atoms with Crippen LogP contribution in [0.1, 0.15) is 25.1 Å². The van der Waals surface area contributed by atoms with E-state index in [0.29, 0.717) is 22.2 Å². The van der Waals surface area contributed by atoms with E-state index in [1.54, 1.807) is 32.9 Å². The molecule has 2 rings (SSSR count). The molecule has 24 heavy (non-hydrogen) atoms. The van der Waals surface area contributed by atoms with Crippen LogP contribution in [0.15, 0.2) is 29.1 Å². The van der Waals surface area contributed by atoms with Crippen LogP contribution >= 0.6 is 0 Å². The van der Waals surface area contributed by atoms with E-state index in [4.69, 9.17) is 9.47 Å². The van der Waals surface area contributed by atoms with Crippen molar-refractivity contribution in [2.75, 3.05) is 13.2 Å². The summed E-state index contributed by atoms with van der Waals surface area (Å²) in [4.78, 5) is 40.1. The summed E-state index contributed by atoms with van der Waals surface area (Å²) in [6, 6.07) is 7.12. The van der Waals surface area contributed by atoms with Crippen LogP contribution in [-0.2, 0) is 25.5 Å². The molecule has 0 bridgehead atoms. The van der Waals surface area contributed by atoms with Gasteiger partial charge in [-0.25, -0.2) is 0 Å². The highest BCUT2D eigenvalue weighted by atomic mass is 16.6. The highest BCUT2D eigenvalue weighted by Gasteiger charge is 2.31. The number of hydrogen-bond donors (Lipinski definition) is 1. The Bertz CT molecular complexity index is 791. The molecule has 1 N–H and O–H groups in total. The lowest BCUT2D eigenvalue weighted by atomic mass is 9.96. The second-order valence-corrected chi connectivity index (χ2v) is 5.36. The molecule has 0 saturated carbocycles. The average Bonchev–Trinajstić information content (AvgIpc) is 2.55. The van der Waals surface area contributed by atoms with Crippen LogP contribution in [0.5, 0.6) is 0 Å². The molecule has 6 heteroatoms. The molecule has 0 aliphatic carbocycles. The van der Waals surface area contributed by atoms with Crippen molar-refractivity contribution in [3.63, 3.8) is 0 Å². The molecule has 2 aromatic rings. The quantitative estimate of drug-likeness (QED) is 0.647. The fourth-order valence-corrected chi connectivity index (χ4v) is 2.60. The summed E-state index contributed by atoms with van der Waals surface area (Å²) in [5.41, 5.74) is 1.53. The van der Waals surface area contributed by atoms with E-state index in [1.807, 2.05) is 12.1 Å². The molecule has 0 radical (unpaired) electrons. The summed E-state index contributed by atoms with van der Waals surface area (Å²) in [5.74, 6) is -2.50. The van der Waals surface area contributed by atoms with Gasteiger partial charge in [0.2, 0.25) is 0 Å². The Kier molecular flexibility index (Phi) is 5.73. The number of H-pyrrole nitrogens is 1. The number of ether oxygens (including phenoxy) is 2. The Morgan fingerprint density at radius 3 is 2.25 bits per heavy atom. The first-order chi connectivity index (χ1) is 11.5. The molecule has 1 heterocycles. The van der Waals surface area contributed by atoms with Crippen molar-refractivity contribution < 1.29 is 19.1 Å². The third-order valence-corrected chi connectivity index (χ3v) is 3.77. The maximum absolute atomic E-state index is 12.7. The number of esters is 2. The Morgan fingerprint density at radius 1 is 1.08 bits per heavy atom. The number of aryl methyl sites for hydroxylation is 1. The summed E-state index contributed by atoms with van der Waals surface area (Å²) < 4.78 is 9.92. The zero-order valence-corrected chi connectivity index (χ0v) is 14.0. The molecule has 0 fully saturated rings. The lowest BCUT2D eigenvalue weighted by molar-refractivity contribution is -0.161. The summed E-state index contributed by atoms with van der Waals surface area (Å²) in [7, 11) is 0. The Hall–Kier alpha value is -2.63. The number of hydrogen-bond acceptors (Lipinski definition) is 5. The van der Waals surface area contributed by atoms with Gasteiger partial charge in [-0.05, 0) is 32.9 Å². The molecule has 0 saturated heterocycles.